The minimum absolute atomic E-state index is 0.178. The fourth-order valence-electron chi connectivity index (χ4n) is 4.83. The van der Waals surface area contributed by atoms with Crippen LogP contribution in [0.5, 0.6) is 0 Å². The van der Waals surface area contributed by atoms with Crippen LogP contribution in [0.2, 0.25) is 0 Å². The zero-order chi connectivity index (χ0) is 23.8. The predicted molar refractivity (Wildman–Crippen MR) is 142 cm³/mol. The molecule has 5 rings (SSSR count). The van der Waals surface area contributed by atoms with E-state index in [0.717, 1.165) is 25.1 Å². The molecule has 2 aliphatic heterocycles. The summed E-state index contributed by atoms with van der Waals surface area (Å²) >= 11 is 6.77. The van der Waals surface area contributed by atoms with Gasteiger partial charge in [-0.25, -0.2) is 4.98 Å². The zero-order valence-electron chi connectivity index (χ0n) is 19.2. The first kappa shape index (κ1) is 22.8. The van der Waals surface area contributed by atoms with Crippen molar-refractivity contribution in [3.63, 3.8) is 0 Å². The molecule has 0 spiro atoms. The van der Waals surface area contributed by atoms with Gasteiger partial charge in [0.25, 0.3) is 11.5 Å². The van der Waals surface area contributed by atoms with Gasteiger partial charge in [0.15, 0.2) is 0 Å². The molecular formula is C26H26N4O2S2. The maximum absolute atomic E-state index is 13.6. The van der Waals surface area contributed by atoms with E-state index in [0.29, 0.717) is 44.6 Å². The van der Waals surface area contributed by atoms with Crippen molar-refractivity contribution < 1.29 is 4.79 Å². The third kappa shape index (κ3) is 4.40. The highest BCUT2D eigenvalue weighted by Crippen LogP contribution is 2.35. The smallest absolute Gasteiger partial charge is 0.267 e. The Morgan fingerprint density at radius 3 is 2.50 bits per heavy atom. The number of hydrogen-bond acceptors (Lipinski definition) is 6. The second-order valence-corrected chi connectivity index (χ2v) is 10.9. The topological polar surface area (TPSA) is 57.9 Å². The molecule has 34 heavy (non-hydrogen) atoms. The molecule has 174 valence electrons. The summed E-state index contributed by atoms with van der Waals surface area (Å²) in [5.74, 6) is 1.46. The Bertz CT molecular complexity index is 1340. The van der Waals surface area contributed by atoms with Crippen LogP contribution in [0.1, 0.15) is 31.4 Å². The second-order valence-electron chi connectivity index (χ2n) is 9.19. The summed E-state index contributed by atoms with van der Waals surface area (Å²) in [4.78, 5) is 36.0. The SMILES string of the molecule is C[C@@H]1C[C@H](C)CN(c2nc3ccccn3c(=O)c2/C=C2\SC(=S)N(Cc3ccccc3)C2=O)C1. The molecule has 1 aromatic carbocycles. The lowest BCUT2D eigenvalue weighted by molar-refractivity contribution is -0.122. The first-order chi connectivity index (χ1) is 16.4. The minimum Gasteiger partial charge on any atom is -0.355 e. The molecule has 0 aliphatic carbocycles. The Hall–Kier alpha value is -2.97. The van der Waals surface area contributed by atoms with Crippen molar-refractivity contribution in [3.8, 4) is 0 Å². The monoisotopic (exact) mass is 490 g/mol. The number of anilines is 1. The van der Waals surface area contributed by atoms with Crippen molar-refractivity contribution in [1.29, 1.82) is 0 Å². The quantitative estimate of drug-likeness (QED) is 0.394. The Kier molecular flexibility index (Phi) is 6.27. The molecule has 0 bridgehead atoms. The molecule has 2 saturated heterocycles. The van der Waals surface area contributed by atoms with Gasteiger partial charge in [-0.1, -0.05) is 74.2 Å². The third-order valence-electron chi connectivity index (χ3n) is 6.25. The van der Waals surface area contributed by atoms with Crippen LogP contribution >= 0.6 is 24.0 Å². The number of thioether (sulfide) groups is 1. The number of aromatic nitrogens is 2. The van der Waals surface area contributed by atoms with E-state index >= 15 is 0 Å². The number of thiocarbonyl (C=S) groups is 1. The Labute approximate surface area is 208 Å². The largest absolute Gasteiger partial charge is 0.355 e. The van der Waals surface area contributed by atoms with Gasteiger partial charge in [0, 0.05) is 19.3 Å². The van der Waals surface area contributed by atoms with Gasteiger partial charge >= 0.3 is 0 Å². The number of hydrogen-bond donors (Lipinski definition) is 0. The van der Waals surface area contributed by atoms with E-state index < -0.39 is 0 Å². The maximum Gasteiger partial charge on any atom is 0.267 e. The fraction of sp³-hybridized carbons (Fsp3) is 0.308. The number of pyridine rings is 1. The Morgan fingerprint density at radius 2 is 1.76 bits per heavy atom. The number of nitrogens with zero attached hydrogens (tertiary/aromatic N) is 4. The summed E-state index contributed by atoms with van der Waals surface area (Å²) in [5.41, 5.74) is 1.86. The average Bonchev–Trinajstić information content (AvgIpc) is 3.08. The summed E-state index contributed by atoms with van der Waals surface area (Å²) in [6.07, 6.45) is 4.56. The van der Waals surface area contributed by atoms with Crippen LogP contribution in [0.4, 0.5) is 5.82 Å². The minimum atomic E-state index is -0.181. The molecule has 8 heteroatoms. The molecule has 0 radical (unpaired) electrons. The zero-order valence-corrected chi connectivity index (χ0v) is 20.8. The van der Waals surface area contributed by atoms with E-state index in [1.807, 2.05) is 48.5 Å². The predicted octanol–water partition coefficient (Wildman–Crippen LogP) is 4.58. The fourth-order valence-corrected chi connectivity index (χ4v) is 6.06. The van der Waals surface area contributed by atoms with Crippen LogP contribution in [0.25, 0.3) is 11.7 Å². The van der Waals surface area contributed by atoms with E-state index in [9.17, 15) is 9.59 Å². The molecular weight excluding hydrogens is 464 g/mol. The normalized spacial score (nSPS) is 22.2. The summed E-state index contributed by atoms with van der Waals surface area (Å²) < 4.78 is 2.03. The highest BCUT2D eigenvalue weighted by atomic mass is 32.2. The molecule has 0 N–H and O–H groups in total. The number of amides is 1. The number of carbonyl (C=O) groups excluding carboxylic acids is 1. The molecule has 2 fully saturated rings. The first-order valence-corrected chi connectivity index (χ1v) is 12.7. The van der Waals surface area contributed by atoms with Crippen molar-refractivity contribution in [2.75, 3.05) is 18.0 Å². The molecule has 3 aromatic rings. The average molecular weight is 491 g/mol. The van der Waals surface area contributed by atoms with Crippen molar-refractivity contribution in [1.82, 2.24) is 14.3 Å². The first-order valence-electron chi connectivity index (χ1n) is 11.5. The van der Waals surface area contributed by atoms with E-state index in [1.54, 1.807) is 17.2 Å². The second kappa shape index (κ2) is 9.35. The van der Waals surface area contributed by atoms with E-state index in [-0.39, 0.29) is 11.5 Å². The lowest BCUT2D eigenvalue weighted by atomic mass is 9.91. The number of piperidine rings is 1. The molecule has 2 aromatic heterocycles. The van der Waals surface area contributed by atoms with Gasteiger partial charge in [-0.05, 0) is 42.0 Å². The number of rotatable bonds is 4. The summed E-state index contributed by atoms with van der Waals surface area (Å²) in [6, 6.07) is 15.3. The van der Waals surface area contributed by atoms with Crippen molar-refractivity contribution in [3.05, 3.63) is 81.1 Å². The van der Waals surface area contributed by atoms with Gasteiger partial charge in [0.1, 0.15) is 15.8 Å². The molecule has 1 amide bonds. The van der Waals surface area contributed by atoms with Crippen LogP contribution in [0, 0.1) is 11.8 Å². The van der Waals surface area contributed by atoms with Crippen LogP contribution in [-0.4, -0.2) is 37.6 Å². The van der Waals surface area contributed by atoms with Crippen LogP contribution in [0.3, 0.4) is 0 Å². The Morgan fingerprint density at radius 1 is 1.06 bits per heavy atom. The van der Waals surface area contributed by atoms with Crippen molar-refractivity contribution >= 4 is 51.7 Å². The molecule has 0 saturated carbocycles. The van der Waals surface area contributed by atoms with Crippen molar-refractivity contribution in [2.45, 2.75) is 26.8 Å². The van der Waals surface area contributed by atoms with Crippen LogP contribution in [-0.2, 0) is 11.3 Å². The molecule has 2 aliphatic rings. The standard InChI is InChI=1S/C26H26N4O2S2/c1-17-12-18(2)15-28(14-17)23-20(24(31)29-11-7-6-10-22(29)27-23)13-21-25(32)30(26(33)34-21)16-19-8-4-3-5-9-19/h3-11,13,17-18H,12,14-16H2,1-2H3/b21-13-/t17-,18+. The lowest BCUT2D eigenvalue weighted by Crippen LogP contribution is -2.40. The number of benzene rings is 1. The Balaban J connectivity index is 1.57. The van der Waals surface area contributed by atoms with Gasteiger partial charge < -0.3 is 4.90 Å². The molecule has 0 unspecified atom stereocenters. The van der Waals surface area contributed by atoms with E-state index in [2.05, 4.69) is 18.7 Å². The summed E-state index contributed by atoms with van der Waals surface area (Å²) in [6.45, 7) is 6.52. The molecule has 4 heterocycles. The van der Waals surface area contributed by atoms with Gasteiger partial charge in [0.2, 0.25) is 0 Å². The number of carbonyl (C=O) groups is 1. The van der Waals surface area contributed by atoms with Crippen LogP contribution in [0.15, 0.2) is 64.4 Å². The van der Waals surface area contributed by atoms with Crippen molar-refractivity contribution in [2.24, 2.45) is 11.8 Å². The summed E-state index contributed by atoms with van der Waals surface area (Å²) in [7, 11) is 0. The van der Waals surface area contributed by atoms with E-state index in [1.165, 1.54) is 16.2 Å². The highest BCUT2D eigenvalue weighted by Gasteiger charge is 2.33. The maximum atomic E-state index is 13.6. The van der Waals surface area contributed by atoms with E-state index in [4.69, 9.17) is 17.2 Å². The van der Waals surface area contributed by atoms with Gasteiger partial charge in [-0.3, -0.25) is 18.9 Å². The number of fused-ring (bicyclic) bond motifs is 1. The van der Waals surface area contributed by atoms with Gasteiger partial charge in [-0.15, -0.1) is 0 Å². The lowest BCUT2D eigenvalue weighted by Gasteiger charge is -2.36. The van der Waals surface area contributed by atoms with Crippen LogP contribution < -0.4 is 10.5 Å². The van der Waals surface area contributed by atoms with Gasteiger partial charge in [0.05, 0.1) is 17.0 Å². The molecule has 6 nitrogen and oxygen atoms in total. The highest BCUT2D eigenvalue weighted by molar-refractivity contribution is 8.26. The molecule has 2 atom stereocenters. The van der Waals surface area contributed by atoms with Gasteiger partial charge in [-0.2, -0.15) is 0 Å². The third-order valence-corrected chi connectivity index (χ3v) is 7.63. The summed E-state index contributed by atoms with van der Waals surface area (Å²) in [5, 5.41) is 0.